The van der Waals surface area contributed by atoms with Gasteiger partial charge in [0.15, 0.2) is 0 Å². The van der Waals surface area contributed by atoms with Crippen molar-refractivity contribution in [3.05, 3.63) is 89.0 Å². The van der Waals surface area contributed by atoms with E-state index in [9.17, 15) is 4.79 Å². The Kier molecular flexibility index (Phi) is 7.05. The minimum absolute atomic E-state index is 0.371. The van der Waals surface area contributed by atoms with Crippen LogP contribution in [0.15, 0.2) is 71.8 Å². The molecule has 3 aromatic carbocycles. The first-order chi connectivity index (χ1) is 14.6. The Balaban J connectivity index is 1.55. The number of carbonyl (C=O) groups excluding carboxylic acids is 1. The molecular weight excluding hydrogens is 380 g/mol. The second-order valence-corrected chi connectivity index (χ2v) is 6.61. The Bertz CT molecular complexity index is 1010. The second-order valence-electron chi connectivity index (χ2n) is 6.61. The Morgan fingerprint density at radius 1 is 0.933 bits per heavy atom. The van der Waals surface area contributed by atoms with Crippen molar-refractivity contribution in [3.63, 3.8) is 0 Å². The highest BCUT2D eigenvalue weighted by molar-refractivity contribution is 5.97. The van der Waals surface area contributed by atoms with Crippen LogP contribution in [0.3, 0.4) is 0 Å². The van der Waals surface area contributed by atoms with Crippen LogP contribution >= 0.6 is 0 Å². The molecule has 3 rings (SSSR count). The van der Waals surface area contributed by atoms with Gasteiger partial charge >= 0.3 is 0 Å². The highest BCUT2D eigenvalue weighted by Crippen LogP contribution is 2.24. The van der Waals surface area contributed by atoms with E-state index >= 15 is 0 Å². The van der Waals surface area contributed by atoms with Crippen LogP contribution in [0.5, 0.6) is 17.2 Å². The quantitative estimate of drug-likeness (QED) is 0.448. The van der Waals surface area contributed by atoms with Crippen LogP contribution in [0.2, 0.25) is 0 Å². The molecule has 0 spiro atoms. The first-order valence-electron chi connectivity index (χ1n) is 9.43. The van der Waals surface area contributed by atoms with Gasteiger partial charge in [-0.3, -0.25) is 4.79 Å². The van der Waals surface area contributed by atoms with E-state index in [1.165, 1.54) is 12.7 Å². The summed E-state index contributed by atoms with van der Waals surface area (Å²) in [5.74, 6) is 1.41. The number of hydrogen-bond donors (Lipinski definition) is 1. The molecule has 30 heavy (non-hydrogen) atoms. The number of carbonyl (C=O) groups is 1. The molecule has 0 aromatic heterocycles. The number of aryl methyl sites for hydroxylation is 1. The molecule has 0 bridgehead atoms. The van der Waals surface area contributed by atoms with Crippen molar-refractivity contribution in [1.82, 2.24) is 5.43 Å². The molecule has 0 radical (unpaired) electrons. The maximum absolute atomic E-state index is 12.3. The van der Waals surface area contributed by atoms with Gasteiger partial charge in [0.25, 0.3) is 5.91 Å². The molecule has 0 heterocycles. The van der Waals surface area contributed by atoms with Crippen LogP contribution in [0.4, 0.5) is 0 Å². The average molecular weight is 404 g/mol. The van der Waals surface area contributed by atoms with Crippen LogP contribution in [0, 0.1) is 6.92 Å². The van der Waals surface area contributed by atoms with Crippen LogP contribution < -0.4 is 19.6 Å². The zero-order valence-electron chi connectivity index (χ0n) is 17.2. The lowest BCUT2D eigenvalue weighted by molar-refractivity contribution is 0.0952. The number of benzene rings is 3. The Hall–Kier alpha value is -3.80. The second kappa shape index (κ2) is 10.1. The molecule has 0 saturated carbocycles. The van der Waals surface area contributed by atoms with Crippen LogP contribution in [0.1, 0.15) is 27.0 Å². The van der Waals surface area contributed by atoms with Crippen molar-refractivity contribution in [1.29, 1.82) is 0 Å². The first-order valence-corrected chi connectivity index (χ1v) is 9.43. The van der Waals surface area contributed by atoms with E-state index in [0.29, 0.717) is 23.7 Å². The topological polar surface area (TPSA) is 69.2 Å². The predicted molar refractivity (Wildman–Crippen MR) is 117 cm³/mol. The molecule has 0 aliphatic heterocycles. The van der Waals surface area contributed by atoms with Gasteiger partial charge in [-0.15, -0.1) is 0 Å². The summed E-state index contributed by atoms with van der Waals surface area (Å²) in [4.78, 5) is 12.3. The van der Waals surface area contributed by atoms with E-state index in [4.69, 9.17) is 14.2 Å². The van der Waals surface area contributed by atoms with E-state index in [2.05, 4.69) is 41.7 Å². The summed E-state index contributed by atoms with van der Waals surface area (Å²) >= 11 is 0. The van der Waals surface area contributed by atoms with Gasteiger partial charge in [0.2, 0.25) is 0 Å². The molecule has 0 fully saturated rings. The number of ether oxygens (including phenoxy) is 3. The van der Waals surface area contributed by atoms with Crippen molar-refractivity contribution in [3.8, 4) is 17.2 Å². The van der Waals surface area contributed by atoms with Gasteiger partial charge in [0.05, 0.1) is 26.0 Å². The molecule has 0 unspecified atom stereocenters. The third kappa shape index (κ3) is 5.61. The zero-order chi connectivity index (χ0) is 21.3. The van der Waals surface area contributed by atoms with E-state index in [1.54, 1.807) is 31.5 Å². The zero-order valence-corrected chi connectivity index (χ0v) is 17.2. The van der Waals surface area contributed by atoms with E-state index in [1.807, 2.05) is 24.3 Å². The molecular formula is C24H24N2O4. The fourth-order valence-electron chi connectivity index (χ4n) is 2.71. The van der Waals surface area contributed by atoms with Gasteiger partial charge in [-0.25, -0.2) is 5.43 Å². The van der Waals surface area contributed by atoms with E-state index in [0.717, 1.165) is 16.9 Å². The normalized spacial score (nSPS) is 10.6. The Labute approximate surface area is 176 Å². The molecule has 0 aliphatic carbocycles. The molecule has 0 saturated heterocycles. The standard InChI is InChI=1S/C24H24N2O4/c1-17-4-6-19(7-5-17)16-30-20-10-8-18(9-11-20)15-25-26-24(27)22-13-12-21(28-2)14-23(22)29-3/h4-15H,16H2,1-3H3,(H,26,27)/b25-15+. The van der Waals surface area contributed by atoms with Crippen molar-refractivity contribution < 1.29 is 19.0 Å². The van der Waals surface area contributed by atoms with Gasteiger partial charge in [0, 0.05) is 6.07 Å². The van der Waals surface area contributed by atoms with Crippen LogP contribution in [-0.2, 0) is 6.61 Å². The lowest BCUT2D eigenvalue weighted by atomic mass is 10.2. The smallest absolute Gasteiger partial charge is 0.275 e. The van der Waals surface area contributed by atoms with Crippen molar-refractivity contribution in [2.75, 3.05) is 14.2 Å². The number of nitrogens with one attached hydrogen (secondary N) is 1. The lowest BCUT2D eigenvalue weighted by Crippen LogP contribution is -2.18. The molecule has 1 amide bonds. The number of rotatable bonds is 8. The number of hydrogen-bond acceptors (Lipinski definition) is 5. The molecule has 6 nitrogen and oxygen atoms in total. The summed E-state index contributed by atoms with van der Waals surface area (Å²) in [7, 11) is 3.05. The third-order valence-electron chi connectivity index (χ3n) is 4.44. The van der Waals surface area contributed by atoms with E-state index < -0.39 is 0 Å². The summed E-state index contributed by atoms with van der Waals surface area (Å²) in [5, 5.41) is 4.02. The van der Waals surface area contributed by atoms with Crippen molar-refractivity contribution >= 4 is 12.1 Å². The fourth-order valence-corrected chi connectivity index (χ4v) is 2.71. The molecule has 0 aliphatic rings. The van der Waals surface area contributed by atoms with Crippen LogP contribution in [0.25, 0.3) is 0 Å². The first kappa shape index (κ1) is 20.9. The average Bonchev–Trinajstić information content (AvgIpc) is 2.79. The Morgan fingerprint density at radius 3 is 2.30 bits per heavy atom. The highest BCUT2D eigenvalue weighted by atomic mass is 16.5. The summed E-state index contributed by atoms with van der Waals surface area (Å²) in [6.45, 7) is 2.56. The number of methoxy groups -OCH3 is 2. The maximum Gasteiger partial charge on any atom is 0.275 e. The van der Waals surface area contributed by atoms with Gasteiger partial charge in [-0.1, -0.05) is 29.8 Å². The summed E-state index contributed by atoms with van der Waals surface area (Å²) in [6, 6.07) is 20.7. The number of nitrogens with zero attached hydrogens (tertiary/aromatic N) is 1. The van der Waals surface area contributed by atoms with Gasteiger partial charge in [-0.05, 0) is 54.4 Å². The molecule has 1 N–H and O–H groups in total. The largest absolute Gasteiger partial charge is 0.497 e. The van der Waals surface area contributed by atoms with Gasteiger partial charge in [0.1, 0.15) is 23.9 Å². The number of hydrazone groups is 1. The third-order valence-corrected chi connectivity index (χ3v) is 4.44. The fraction of sp³-hybridized carbons (Fsp3) is 0.167. The monoisotopic (exact) mass is 404 g/mol. The summed E-state index contributed by atoms with van der Waals surface area (Å²) in [5.41, 5.74) is 6.04. The van der Waals surface area contributed by atoms with Crippen molar-refractivity contribution in [2.45, 2.75) is 13.5 Å². The summed E-state index contributed by atoms with van der Waals surface area (Å²) < 4.78 is 16.2. The summed E-state index contributed by atoms with van der Waals surface area (Å²) in [6.07, 6.45) is 1.57. The molecule has 3 aromatic rings. The minimum atomic E-state index is -0.371. The molecule has 154 valence electrons. The van der Waals surface area contributed by atoms with Crippen molar-refractivity contribution in [2.24, 2.45) is 5.10 Å². The molecule has 0 atom stereocenters. The van der Waals surface area contributed by atoms with Gasteiger partial charge < -0.3 is 14.2 Å². The van der Waals surface area contributed by atoms with E-state index in [-0.39, 0.29) is 5.91 Å². The highest BCUT2D eigenvalue weighted by Gasteiger charge is 2.12. The minimum Gasteiger partial charge on any atom is -0.497 e. The van der Waals surface area contributed by atoms with Gasteiger partial charge in [-0.2, -0.15) is 5.10 Å². The Morgan fingerprint density at radius 2 is 1.63 bits per heavy atom. The predicted octanol–water partition coefficient (Wildman–Crippen LogP) is 4.36. The number of amides is 1. The maximum atomic E-state index is 12.3. The SMILES string of the molecule is COc1ccc(C(=O)N/N=C/c2ccc(OCc3ccc(C)cc3)cc2)c(OC)c1. The van der Waals surface area contributed by atoms with Crippen LogP contribution in [-0.4, -0.2) is 26.3 Å². The lowest BCUT2D eigenvalue weighted by Gasteiger charge is -2.09. The molecule has 6 heteroatoms.